The van der Waals surface area contributed by atoms with Gasteiger partial charge in [0.1, 0.15) is 6.04 Å². The van der Waals surface area contributed by atoms with E-state index < -0.39 is 12.1 Å². The molecule has 0 bridgehead atoms. The molecular weight excluding hydrogens is 334 g/mol. The van der Waals surface area contributed by atoms with Crippen molar-refractivity contribution in [1.82, 2.24) is 15.5 Å². The van der Waals surface area contributed by atoms with Gasteiger partial charge in [0, 0.05) is 6.54 Å². The number of hydrogen-bond acceptors (Lipinski definition) is 4. The highest BCUT2D eigenvalue weighted by Gasteiger charge is 2.38. The second-order valence-electron chi connectivity index (χ2n) is 6.67. The Balaban J connectivity index is 1.88. The largest absolute Gasteiger partial charge is 0.394 e. The summed E-state index contributed by atoms with van der Waals surface area (Å²) in [7, 11) is 0. The van der Waals surface area contributed by atoms with Crippen LogP contribution in [0.1, 0.15) is 32.3 Å². The van der Waals surface area contributed by atoms with E-state index in [1.54, 1.807) is 0 Å². The monoisotopic (exact) mass is 361 g/mol. The molecule has 1 saturated heterocycles. The number of hydrogen-bond donors (Lipinski definition) is 3. The normalized spacial score (nSPS) is 19.2. The Morgan fingerprint density at radius 3 is 2.62 bits per heavy atom. The average Bonchev–Trinajstić information content (AvgIpc) is 2.91. The van der Waals surface area contributed by atoms with Crippen LogP contribution >= 0.6 is 0 Å². The van der Waals surface area contributed by atoms with Crippen molar-refractivity contribution < 1.29 is 19.5 Å². The average molecular weight is 361 g/mol. The van der Waals surface area contributed by atoms with Gasteiger partial charge in [0.15, 0.2) is 0 Å². The van der Waals surface area contributed by atoms with E-state index >= 15 is 0 Å². The second kappa shape index (κ2) is 9.33. The fraction of sp³-hybridized carbons (Fsp3) is 0.526. The lowest BCUT2D eigenvalue weighted by Gasteiger charge is -2.22. The summed E-state index contributed by atoms with van der Waals surface area (Å²) in [5, 5.41) is 14.7. The Hall–Kier alpha value is -2.41. The molecule has 0 radical (unpaired) electrons. The molecule has 0 aromatic heterocycles. The smallest absolute Gasteiger partial charge is 0.324 e. The lowest BCUT2D eigenvalue weighted by molar-refractivity contribution is -0.131. The Kier molecular flexibility index (Phi) is 7.15. The number of urea groups is 1. The Labute approximate surface area is 153 Å². The van der Waals surface area contributed by atoms with Gasteiger partial charge in [0.2, 0.25) is 5.91 Å². The van der Waals surface area contributed by atoms with E-state index in [0.29, 0.717) is 6.42 Å². The molecule has 1 aromatic carbocycles. The van der Waals surface area contributed by atoms with Crippen LogP contribution in [0, 0.1) is 5.92 Å². The Bertz CT molecular complexity index is 635. The Morgan fingerprint density at radius 2 is 2.00 bits per heavy atom. The number of carbonyl (C=O) groups excluding carboxylic acids is 3. The maximum Gasteiger partial charge on any atom is 0.324 e. The van der Waals surface area contributed by atoms with Crippen LogP contribution in [0.2, 0.25) is 0 Å². The molecule has 1 heterocycles. The summed E-state index contributed by atoms with van der Waals surface area (Å²) in [6, 6.07) is 7.92. The second-order valence-corrected chi connectivity index (χ2v) is 6.67. The number of aliphatic hydroxyl groups excluding tert-OH is 1. The van der Waals surface area contributed by atoms with E-state index in [0.717, 1.165) is 16.9 Å². The minimum Gasteiger partial charge on any atom is -0.394 e. The molecule has 7 nitrogen and oxygen atoms in total. The first kappa shape index (κ1) is 19.9. The predicted molar refractivity (Wildman–Crippen MR) is 97.3 cm³/mol. The topological polar surface area (TPSA) is 98.7 Å². The van der Waals surface area contributed by atoms with E-state index in [1.165, 1.54) is 0 Å². The summed E-state index contributed by atoms with van der Waals surface area (Å²) < 4.78 is 0. The highest BCUT2D eigenvalue weighted by atomic mass is 16.3. The quantitative estimate of drug-likeness (QED) is 0.573. The van der Waals surface area contributed by atoms with Crippen molar-refractivity contribution in [2.75, 3.05) is 13.2 Å². The first-order valence-electron chi connectivity index (χ1n) is 9.02. The molecule has 0 aliphatic carbocycles. The van der Waals surface area contributed by atoms with Crippen LogP contribution in [0.5, 0.6) is 0 Å². The highest BCUT2D eigenvalue weighted by molar-refractivity contribution is 6.05. The zero-order chi connectivity index (χ0) is 19.1. The molecule has 1 fully saturated rings. The molecule has 1 aliphatic rings. The number of rotatable bonds is 9. The highest BCUT2D eigenvalue weighted by Crippen LogP contribution is 2.12. The molecule has 1 aromatic rings. The molecule has 1 aliphatic heterocycles. The SMILES string of the molecule is CC[C@H](C)[C@H](CO)NC(=O)C[C@H]1NC(=O)N(CCc2ccccc2)C1=O. The fourth-order valence-corrected chi connectivity index (χ4v) is 2.92. The van der Waals surface area contributed by atoms with Crippen LogP contribution in [-0.2, 0) is 16.0 Å². The summed E-state index contributed by atoms with van der Waals surface area (Å²) >= 11 is 0. The van der Waals surface area contributed by atoms with E-state index in [9.17, 15) is 19.5 Å². The zero-order valence-electron chi connectivity index (χ0n) is 15.3. The van der Waals surface area contributed by atoms with Crippen molar-refractivity contribution in [3.8, 4) is 0 Å². The molecule has 2 rings (SSSR count). The number of carbonyl (C=O) groups is 3. The van der Waals surface area contributed by atoms with Gasteiger partial charge >= 0.3 is 6.03 Å². The maximum atomic E-state index is 12.4. The number of benzene rings is 1. The van der Waals surface area contributed by atoms with E-state index in [-0.39, 0.29) is 43.3 Å². The fourth-order valence-electron chi connectivity index (χ4n) is 2.92. The minimum atomic E-state index is -0.852. The Morgan fingerprint density at radius 1 is 1.31 bits per heavy atom. The van der Waals surface area contributed by atoms with E-state index in [2.05, 4.69) is 10.6 Å². The van der Waals surface area contributed by atoms with Crippen LogP contribution in [0.15, 0.2) is 30.3 Å². The van der Waals surface area contributed by atoms with Gasteiger partial charge in [-0.15, -0.1) is 0 Å². The van der Waals surface area contributed by atoms with Gasteiger partial charge in [-0.25, -0.2) is 4.79 Å². The van der Waals surface area contributed by atoms with Gasteiger partial charge in [0.25, 0.3) is 5.91 Å². The molecule has 7 heteroatoms. The molecule has 26 heavy (non-hydrogen) atoms. The lowest BCUT2D eigenvalue weighted by atomic mass is 9.99. The van der Waals surface area contributed by atoms with Crippen molar-refractivity contribution in [3.05, 3.63) is 35.9 Å². The molecule has 0 spiro atoms. The summed E-state index contributed by atoms with van der Waals surface area (Å²) in [5.41, 5.74) is 1.04. The standard InChI is InChI=1S/C19H27N3O4/c1-3-13(2)16(12-23)20-17(24)11-15-18(25)22(19(26)21-15)10-9-14-7-5-4-6-8-14/h4-8,13,15-16,23H,3,9-12H2,1-2H3,(H,20,24)(H,21,26)/t13-,15+,16-/m0/s1. The third kappa shape index (κ3) is 5.05. The molecule has 3 N–H and O–H groups in total. The van der Waals surface area contributed by atoms with Crippen molar-refractivity contribution in [3.63, 3.8) is 0 Å². The minimum absolute atomic E-state index is 0.125. The summed E-state index contributed by atoms with van der Waals surface area (Å²) in [4.78, 5) is 37.8. The summed E-state index contributed by atoms with van der Waals surface area (Å²) in [6.07, 6.45) is 1.26. The van der Waals surface area contributed by atoms with Crippen LogP contribution in [0.4, 0.5) is 4.79 Å². The van der Waals surface area contributed by atoms with Crippen LogP contribution in [0.3, 0.4) is 0 Å². The first-order chi connectivity index (χ1) is 12.5. The number of nitrogens with zero attached hydrogens (tertiary/aromatic N) is 1. The van der Waals surface area contributed by atoms with Crippen molar-refractivity contribution in [1.29, 1.82) is 0 Å². The third-order valence-corrected chi connectivity index (χ3v) is 4.84. The van der Waals surface area contributed by atoms with Crippen LogP contribution in [-0.4, -0.2) is 53.1 Å². The number of aliphatic hydroxyl groups is 1. The van der Waals surface area contributed by atoms with Gasteiger partial charge in [-0.1, -0.05) is 50.6 Å². The van der Waals surface area contributed by atoms with Gasteiger partial charge < -0.3 is 15.7 Å². The van der Waals surface area contributed by atoms with Crippen molar-refractivity contribution in [2.24, 2.45) is 5.92 Å². The predicted octanol–water partition coefficient (Wildman–Crippen LogP) is 1.06. The van der Waals surface area contributed by atoms with E-state index in [4.69, 9.17) is 0 Å². The molecule has 142 valence electrons. The van der Waals surface area contributed by atoms with Gasteiger partial charge in [-0.05, 0) is 17.9 Å². The van der Waals surface area contributed by atoms with Crippen LogP contribution < -0.4 is 10.6 Å². The molecular formula is C19H27N3O4. The number of nitrogens with one attached hydrogen (secondary N) is 2. The van der Waals surface area contributed by atoms with Gasteiger partial charge in [-0.3, -0.25) is 14.5 Å². The van der Waals surface area contributed by atoms with Gasteiger partial charge in [0.05, 0.1) is 19.1 Å². The van der Waals surface area contributed by atoms with Gasteiger partial charge in [-0.2, -0.15) is 0 Å². The van der Waals surface area contributed by atoms with Crippen molar-refractivity contribution in [2.45, 2.75) is 45.2 Å². The van der Waals surface area contributed by atoms with Crippen molar-refractivity contribution >= 4 is 17.8 Å². The summed E-state index contributed by atoms with van der Waals surface area (Å²) in [6.45, 7) is 4.04. The summed E-state index contributed by atoms with van der Waals surface area (Å²) in [5.74, 6) is -0.613. The molecule has 0 unspecified atom stereocenters. The number of amides is 4. The first-order valence-corrected chi connectivity index (χ1v) is 9.02. The number of imide groups is 1. The molecule has 0 saturated carbocycles. The molecule has 3 atom stereocenters. The third-order valence-electron chi connectivity index (χ3n) is 4.84. The maximum absolute atomic E-state index is 12.4. The zero-order valence-corrected chi connectivity index (χ0v) is 15.3. The van der Waals surface area contributed by atoms with Crippen LogP contribution in [0.25, 0.3) is 0 Å². The van der Waals surface area contributed by atoms with E-state index in [1.807, 2.05) is 44.2 Å². The molecule has 4 amide bonds. The lowest BCUT2D eigenvalue weighted by Crippen LogP contribution is -2.45.